The molecule has 3 rings (SSSR count). The Balaban J connectivity index is 2.23. The van der Waals surface area contributed by atoms with Crippen LogP contribution in [0.25, 0.3) is 10.9 Å². The van der Waals surface area contributed by atoms with Crippen LogP contribution in [0.2, 0.25) is 0 Å². The number of aryl methyl sites for hydroxylation is 1. The van der Waals surface area contributed by atoms with Crippen molar-refractivity contribution >= 4 is 38.8 Å². The number of hydrogen-bond donors (Lipinski definition) is 2. The quantitative estimate of drug-likeness (QED) is 0.651. The lowest BCUT2D eigenvalue weighted by atomic mass is 9.84. The van der Waals surface area contributed by atoms with Gasteiger partial charge in [-0.25, -0.2) is 4.79 Å². The maximum atomic E-state index is 12.3. The van der Waals surface area contributed by atoms with Gasteiger partial charge in [-0.1, -0.05) is 29.3 Å². The lowest BCUT2D eigenvalue weighted by Gasteiger charge is -2.36. The molecular formula is C20H24BrNO5. The molecule has 0 bridgehead atoms. The van der Waals surface area contributed by atoms with Crippen LogP contribution in [-0.2, 0) is 26.3 Å². The van der Waals surface area contributed by atoms with Crippen molar-refractivity contribution in [1.82, 2.24) is 4.98 Å². The van der Waals surface area contributed by atoms with Crippen LogP contribution in [0.1, 0.15) is 60.3 Å². The van der Waals surface area contributed by atoms with Crippen LogP contribution in [0.5, 0.6) is 0 Å². The minimum Gasteiger partial charge on any atom is -0.478 e. The van der Waals surface area contributed by atoms with E-state index >= 15 is 0 Å². The van der Waals surface area contributed by atoms with Crippen LogP contribution in [-0.4, -0.2) is 35.2 Å². The smallest absolute Gasteiger partial charge is 0.336 e. The number of carbonyl (C=O) groups excluding carboxylic acids is 1. The Morgan fingerprint density at radius 2 is 2.15 bits per heavy atom. The molecule has 0 radical (unpaired) electrons. The Morgan fingerprint density at radius 3 is 2.78 bits per heavy atom. The molecule has 2 N–H and O–H groups in total. The highest BCUT2D eigenvalue weighted by Crippen LogP contribution is 2.45. The number of carbonyl (C=O) groups is 2. The molecule has 2 heterocycles. The average Bonchev–Trinajstić information content (AvgIpc) is 3.00. The number of aromatic nitrogens is 1. The van der Waals surface area contributed by atoms with E-state index in [1.54, 1.807) is 19.9 Å². The molecule has 1 atom stereocenters. The predicted octanol–water partition coefficient (Wildman–Crippen LogP) is 4.46. The molecule has 7 heteroatoms. The molecule has 0 aliphatic carbocycles. The minimum atomic E-state index is -0.967. The first kappa shape index (κ1) is 19.9. The molecule has 146 valence electrons. The summed E-state index contributed by atoms with van der Waals surface area (Å²) in [5.74, 6) is -1.26. The fraction of sp³-hybridized carbons (Fsp3) is 0.500. The second kappa shape index (κ2) is 7.64. The molecule has 2 aromatic rings. The van der Waals surface area contributed by atoms with Gasteiger partial charge in [0.25, 0.3) is 0 Å². The summed E-state index contributed by atoms with van der Waals surface area (Å²) in [6.45, 7) is 6.47. The SMILES string of the molecule is CCCC1(CC(=O)OCC)OCCc2c1[nH]c1c(C)c(C(=O)O)cc(Br)c21. The molecule has 1 unspecified atom stereocenters. The van der Waals surface area contributed by atoms with E-state index in [2.05, 4.69) is 27.8 Å². The van der Waals surface area contributed by atoms with Gasteiger partial charge < -0.3 is 19.6 Å². The van der Waals surface area contributed by atoms with E-state index in [4.69, 9.17) is 9.47 Å². The molecule has 0 fully saturated rings. The zero-order valence-electron chi connectivity index (χ0n) is 15.8. The largest absolute Gasteiger partial charge is 0.478 e. The topological polar surface area (TPSA) is 88.6 Å². The first-order valence-electron chi connectivity index (χ1n) is 9.21. The molecule has 0 saturated carbocycles. The number of aromatic amines is 1. The summed E-state index contributed by atoms with van der Waals surface area (Å²) in [5.41, 5.74) is 2.88. The number of benzene rings is 1. The number of rotatable bonds is 6. The van der Waals surface area contributed by atoms with E-state index in [-0.39, 0.29) is 18.0 Å². The fourth-order valence-electron chi connectivity index (χ4n) is 4.08. The van der Waals surface area contributed by atoms with Crippen molar-refractivity contribution in [3.05, 3.63) is 32.9 Å². The molecule has 6 nitrogen and oxygen atoms in total. The van der Waals surface area contributed by atoms with Crippen molar-refractivity contribution in [2.75, 3.05) is 13.2 Å². The van der Waals surface area contributed by atoms with Crippen molar-refractivity contribution in [2.45, 2.75) is 52.1 Å². The molecule has 1 aromatic heterocycles. The number of aromatic carboxylic acids is 1. The van der Waals surface area contributed by atoms with Gasteiger partial charge in [0.2, 0.25) is 0 Å². The molecule has 0 amide bonds. The maximum absolute atomic E-state index is 12.3. The van der Waals surface area contributed by atoms with Crippen LogP contribution in [0, 0.1) is 6.92 Å². The standard InChI is InChI=1S/C20H24BrNO5/c1-4-7-20(10-15(23)26-5-2)18-12(6-8-27-20)16-14(21)9-13(19(24)25)11(3)17(16)22-18/h9,22H,4-8,10H2,1-3H3,(H,24,25). The summed E-state index contributed by atoms with van der Waals surface area (Å²) in [5, 5.41) is 10.5. The molecule has 1 aliphatic rings. The van der Waals surface area contributed by atoms with Crippen LogP contribution in [0.15, 0.2) is 10.5 Å². The Hall–Kier alpha value is -1.86. The fourth-order valence-corrected chi connectivity index (χ4v) is 4.75. The van der Waals surface area contributed by atoms with E-state index in [9.17, 15) is 14.7 Å². The lowest BCUT2D eigenvalue weighted by molar-refractivity contribution is -0.155. The highest BCUT2D eigenvalue weighted by molar-refractivity contribution is 9.10. The van der Waals surface area contributed by atoms with Gasteiger partial charge >= 0.3 is 11.9 Å². The van der Waals surface area contributed by atoms with E-state index in [1.807, 2.05) is 0 Å². The number of ether oxygens (including phenoxy) is 2. The normalized spacial score (nSPS) is 19.1. The number of esters is 1. The number of H-pyrrole nitrogens is 1. The predicted molar refractivity (Wildman–Crippen MR) is 105 cm³/mol. The molecule has 0 saturated heterocycles. The van der Waals surface area contributed by atoms with Gasteiger partial charge in [-0.2, -0.15) is 0 Å². The van der Waals surface area contributed by atoms with Crippen LogP contribution in [0.4, 0.5) is 0 Å². The van der Waals surface area contributed by atoms with Gasteiger partial charge in [0.15, 0.2) is 0 Å². The molecule has 27 heavy (non-hydrogen) atoms. The van der Waals surface area contributed by atoms with Crippen LogP contribution < -0.4 is 0 Å². The summed E-state index contributed by atoms with van der Waals surface area (Å²) >= 11 is 3.54. The van der Waals surface area contributed by atoms with Crippen molar-refractivity contribution in [3.8, 4) is 0 Å². The van der Waals surface area contributed by atoms with E-state index < -0.39 is 11.6 Å². The third kappa shape index (κ3) is 3.38. The highest BCUT2D eigenvalue weighted by atomic mass is 79.9. The van der Waals surface area contributed by atoms with Gasteiger partial charge in [-0.05, 0) is 43.9 Å². The van der Waals surface area contributed by atoms with E-state index in [1.165, 1.54) is 0 Å². The third-order valence-corrected chi connectivity index (χ3v) is 5.82. The van der Waals surface area contributed by atoms with Crippen LogP contribution >= 0.6 is 15.9 Å². The zero-order chi connectivity index (χ0) is 19.8. The van der Waals surface area contributed by atoms with Crippen LogP contribution in [0.3, 0.4) is 0 Å². The first-order valence-corrected chi connectivity index (χ1v) is 10.0. The summed E-state index contributed by atoms with van der Waals surface area (Å²) < 4.78 is 12.1. The first-order chi connectivity index (χ1) is 12.8. The number of nitrogens with one attached hydrogen (secondary N) is 1. The second-order valence-corrected chi connectivity index (χ2v) is 7.74. The van der Waals surface area contributed by atoms with Crippen molar-refractivity contribution < 1.29 is 24.2 Å². The van der Waals surface area contributed by atoms with Gasteiger partial charge in [-0.15, -0.1) is 0 Å². The maximum Gasteiger partial charge on any atom is 0.336 e. The minimum absolute atomic E-state index is 0.136. The number of halogens is 1. The lowest BCUT2D eigenvalue weighted by Crippen LogP contribution is -2.38. The Labute approximate surface area is 166 Å². The Kier molecular flexibility index (Phi) is 5.63. The number of carboxylic acids is 1. The van der Waals surface area contributed by atoms with E-state index in [0.29, 0.717) is 31.6 Å². The second-order valence-electron chi connectivity index (χ2n) is 6.89. The van der Waals surface area contributed by atoms with Gasteiger partial charge in [0.05, 0.1) is 36.4 Å². The highest BCUT2D eigenvalue weighted by Gasteiger charge is 2.42. The summed E-state index contributed by atoms with van der Waals surface area (Å²) in [4.78, 5) is 27.3. The summed E-state index contributed by atoms with van der Waals surface area (Å²) in [6.07, 6.45) is 2.36. The van der Waals surface area contributed by atoms with Crippen molar-refractivity contribution in [3.63, 3.8) is 0 Å². The summed E-state index contributed by atoms with van der Waals surface area (Å²) in [7, 11) is 0. The number of fused-ring (bicyclic) bond motifs is 3. The third-order valence-electron chi connectivity index (χ3n) is 5.20. The summed E-state index contributed by atoms with van der Waals surface area (Å²) in [6, 6.07) is 1.65. The molecule has 1 aromatic carbocycles. The van der Waals surface area contributed by atoms with Gasteiger partial charge in [0.1, 0.15) is 5.60 Å². The van der Waals surface area contributed by atoms with E-state index in [0.717, 1.165) is 33.1 Å². The number of carboxylic acid groups (broad SMARTS) is 1. The Bertz CT molecular complexity index is 904. The number of hydrogen-bond acceptors (Lipinski definition) is 4. The molecular weight excluding hydrogens is 414 g/mol. The molecule has 1 aliphatic heterocycles. The zero-order valence-corrected chi connectivity index (χ0v) is 17.4. The van der Waals surface area contributed by atoms with Gasteiger partial charge in [0, 0.05) is 9.86 Å². The monoisotopic (exact) mass is 437 g/mol. The van der Waals surface area contributed by atoms with Gasteiger partial charge in [-0.3, -0.25) is 4.79 Å². The van der Waals surface area contributed by atoms with Crippen molar-refractivity contribution in [1.29, 1.82) is 0 Å². The van der Waals surface area contributed by atoms with Crippen molar-refractivity contribution in [2.24, 2.45) is 0 Å². The Morgan fingerprint density at radius 1 is 1.41 bits per heavy atom. The average molecular weight is 438 g/mol. The molecule has 0 spiro atoms.